The summed E-state index contributed by atoms with van der Waals surface area (Å²) in [5.41, 5.74) is 6.23. The Hall–Kier alpha value is -3.27. The Kier molecular flexibility index (Phi) is 9.19. The molecule has 0 bridgehead atoms. The van der Waals surface area contributed by atoms with Crippen molar-refractivity contribution in [3.05, 3.63) is 45.1 Å². The second-order valence-corrected chi connectivity index (χ2v) is 10.1. The zero-order chi connectivity index (χ0) is 26.4. The van der Waals surface area contributed by atoms with Crippen molar-refractivity contribution in [2.24, 2.45) is 11.8 Å². The largest absolute Gasteiger partial charge is 0.492 e. The van der Waals surface area contributed by atoms with Crippen molar-refractivity contribution >= 4 is 23.1 Å². The van der Waals surface area contributed by atoms with Crippen LogP contribution in [0.2, 0.25) is 0 Å². The first kappa shape index (κ1) is 27.3. The number of amides is 1. The molecular formula is C26H40N6O4. The van der Waals surface area contributed by atoms with E-state index in [0.717, 1.165) is 24.5 Å². The van der Waals surface area contributed by atoms with Crippen LogP contribution in [-0.2, 0) is 11.3 Å². The predicted octanol–water partition coefficient (Wildman–Crippen LogP) is 1.98. The minimum absolute atomic E-state index is 0.0313. The predicted molar refractivity (Wildman–Crippen MR) is 144 cm³/mol. The Morgan fingerprint density at radius 1 is 1.08 bits per heavy atom. The number of aromatic amines is 1. The highest BCUT2D eigenvalue weighted by Gasteiger charge is 2.28. The molecule has 10 nitrogen and oxygen atoms in total. The Bertz CT molecular complexity index is 1150. The van der Waals surface area contributed by atoms with Gasteiger partial charge in [-0.25, -0.2) is 4.79 Å². The van der Waals surface area contributed by atoms with Gasteiger partial charge in [0.2, 0.25) is 5.91 Å². The summed E-state index contributed by atoms with van der Waals surface area (Å²) in [5.74, 6) is 0.925. The summed E-state index contributed by atoms with van der Waals surface area (Å²) in [6.45, 7) is 14.2. The number of para-hydroxylation sites is 2. The molecule has 0 unspecified atom stereocenters. The molecule has 2 heterocycles. The second-order valence-electron chi connectivity index (χ2n) is 10.1. The van der Waals surface area contributed by atoms with Crippen molar-refractivity contribution in [3.8, 4) is 5.75 Å². The van der Waals surface area contributed by atoms with Crippen LogP contribution in [0.5, 0.6) is 5.75 Å². The molecule has 0 saturated carbocycles. The van der Waals surface area contributed by atoms with Gasteiger partial charge in [-0.1, -0.05) is 39.8 Å². The molecule has 0 spiro atoms. The molecule has 0 radical (unpaired) electrons. The third-order valence-electron chi connectivity index (χ3n) is 6.12. The molecule has 0 atom stereocenters. The average Bonchev–Trinajstić information content (AvgIpc) is 2.82. The number of ether oxygens (including phenoxy) is 1. The van der Waals surface area contributed by atoms with E-state index >= 15 is 0 Å². The van der Waals surface area contributed by atoms with Gasteiger partial charge >= 0.3 is 5.69 Å². The van der Waals surface area contributed by atoms with E-state index in [2.05, 4.69) is 20.9 Å². The fourth-order valence-corrected chi connectivity index (χ4v) is 4.49. The normalized spacial score (nSPS) is 14.5. The topological polar surface area (TPSA) is 117 Å². The third kappa shape index (κ3) is 6.48. The first-order valence-electron chi connectivity index (χ1n) is 12.7. The molecule has 36 heavy (non-hydrogen) atoms. The smallest absolute Gasteiger partial charge is 0.330 e. The minimum Gasteiger partial charge on any atom is -0.492 e. The van der Waals surface area contributed by atoms with Gasteiger partial charge < -0.3 is 20.3 Å². The standard InChI is InChI=1S/C26H40N6O4/c1-6-36-21-10-8-7-9-20(21)30-13-11-29(12-14-30)17-22(33)31(15-18(2)3)23-24(27)32(16-19(4)5)26(35)28-25(23)34/h7-10,18-19H,6,11-17,27H2,1-5H3,(H,28,34,35). The molecule has 2 aromatic rings. The number of nitrogens with one attached hydrogen (secondary N) is 1. The maximum absolute atomic E-state index is 13.5. The van der Waals surface area contributed by atoms with Gasteiger partial charge in [-0.15, -0.1) is 0 Å². The lowest BCUT2D eigenvalue weighted by molar-refractivity contribution is -0.120. The number of hydrogen-bond donors (Lipinski definition) is 2. The van der Waals surface area contributed by atoms with E-state index in [1.54, 1.807) is 0 Å². The van der Waals surface area contributed by atoms with E-state index in [9.17, 15) is 14.4 Å². The fraction of sp³-hybridized carbons (Fsp3) is 0.577. The van der Waals surface area contributed by atoms with E-state index in [0.29, 0.717) is 32.8 Å². The minimum atomic E-state index is -0.635. The maximum atomic E-state index is 13.5. The first-order chi connectivity index (χ1) is 17.1. The number of carbonyl (C=O) groups is 1. The molecule has 1 fully saturated rings. The van der Waals surface area contributed by atoms with Crippen LogP contribution in [-0.4, -0.2) is 66.2 Å². The summed E-state index contributed by atoms with van der Waals surface area (Å²) >= 11 is 0. The van der Waals surface area contributed by atoms with E-state index in [4.69, 9.17) is 10.5 Å². The molecule has 198 valence electrons. The van der Waals surface area contributed by atoms with Gasteiger partial charge in [0.15, 0.2) is 5.69 Å². The number of nitrogen functional groups attached to an aromatic ring is 1. The molecule has 3 rings (SSSR count). The monoisotopic (exact) mass is 500 g/mol. The summed E-state index contributed by atoms with van der Waals surface area (Å²) in [6, 6.07) is 7.99. The summed E-state index contributed by atoms with van der Waals surface area (Å²) in [6.07, 6.45) is 0. The van der Waals surface area contributed by atoms with E-state index < -0.39 is 11.2 Å². The summed E-state index contributed by atoms with van der Waals surface area (Å²) in [4.78, 5) is 46.9. The summed E-state index contributed by atoms with van der Waals surface area (Å²) in [7, 11) is 0. The Morgan fingerprint density at radius 3 is 2.36 bits per heavy atom. The maximum Gasteiger partial charge on any atom is 0.330 e. The molecule has 1 aromatic carbocycles. The Labute approximate surface area is 212 Å². The van der Waals surface area contributed by atoms with Gasteiger partial charge in [-0.05, 0) is 30.9 Å². The molecule has 1 aromatic heterocycles. The van der Waals surface area contributed by atoms with Crippen LogP contribution in [0.3, 0.4) is 0 Å². The first-order valence-corrected chi connectivity index (χ1v) is 12.7. The Balaban J connectivity index is 1.78. The van der Waals surface area contributed by atoms with Crippen molar-refractivity contribution in [2.45, 2.75) is 41.2 Å². The van der Waals surface area contributed by atoms with Crippen LogP contribution < -0.4 is 31.5 Å². The zero-order valence-electron chi connectivity index (χ0n) is 22.1. The van der Waals surface area contributed by atoms with Crippen LogP contribution in [0.15, 0.2) is 33.9 Å². The van der Waals surface area contributed by atoms with Crippen LogP contribution >= 0.6 is 0 Å². The lowest BCUT2D eigenvalue weighted by Crippen LogP contribution is -2.51. The van der Waals surface area contributed by atoms with E-state index in [-0.39, 0.29) is 35.8 Å². The number of anilines is 3. The third-order valence-corrected chi connectivity index (χ3v) is 6.12. The number of rotatable bonds is 10. The molecule has 3 N–H and O–H groups in total. The molecular weight excluding hydrogens is 460 g/mol. The number of H-pyrrole nitrogens is 1. The van der Waals surface area contributed by atoms with Crippen molar-refractivity contribution < 1.29 is 9.53 Å². The molecule has 10 heteroatoms. The number of nitrogens with two attached hydrogens (primary N) is 1. The lowest BCUT2D eigenvalue weighted by Gasteiger charge is -2.37. The van der Waals surface area contributed by atoms with Gasteiger partial charge in [0.05, 0.1) is 18.8 Å². The highest BCUT2D eigenvalue weighted by atomic mass is 16.5. The second kappa shape index (κ2) is 12.1. The molecule has 1 aliphatic rings. The fourth-order valence-electron chi connectivity index (χ4n) is 4.49. The highest BCUT2D eigenvalue weighted by Crippen LogP contribution is 2.29. The average molecular weight is 501 g/mol. The van der Waals surface area contributed by atoms with Crippen molar-refractivity contribution in [2.75, 3.05) is 61.4 Å². The highest BCUT2D eigenvalue weighted by molar-refractivity contribution is 5.96. The number of carbonyl (C=O) groups excluding carboxylic acids is 1. The van der Waals surface area contributed by atoms with Gasteiger partial charge in [-0.3, -0.25) is 24.0 Å². The summed E-state index contributed by atoms with van der Waals surface area (Å²) < 4.78 is 7.12. The quantitative estimate of drug-likeness (QED) is 0.512. The number of aromatic nitrogens is 2. The molecule has 1 saturated heterocycles. The number of benzene rings is 1. The molecule has 0 aliphatic carbocycles. The summed E-state index contributed by atoms with van der Waals surface area (Å²) in [5, 5.41) is 0. The molecule has 1 amide bonds. The SMILES string of the molecule is CCOc1ccccc1N1CCN(CC(=O)N(CC(C)C)c2c(N)n(CC(C)C)c(=O)[nH]c2=O)CC1. The van der Waals surface area contributed by atoms with Gasteiger partial charge in [0.25, 0.3) is 5.56 Å². The van der Waals surface area contributed by atoms with Crippen LogP contribution in [0.4, 0.5) is 17.2 Å². The van der Waals surface area contributed by atoms with Gasteiger partial charge in [0.1, 0.15) is 11.6 Å². The number of nitrogens with zero attached hydrogens (tertiary/aromatic N) is 4. The Morgan fingerprint density at radius 2 is 1.75 bits per heavy atom. The number of piperazine rings is 1. The lowest BCUT2D eigenvalue weighted by atomic mass is 10.2. The van der Waals surface area contributed by atoms with E-state index in [1.165, 1.54) is 9.47 Å². The number of hydrogen-bond acceptors (Lipinski definition) is 7. The van der Waals surface area contributed by atoms with Crippen molar-refractivity contribution in [1.82, 2.24) is 14.5 Å². The molecule has 1 aliphatic heterocycles. The van der Waals surface area contributed by atoms with E-state index in [1.807, 2.05) is 52.8 Å². The van der Waals surface area contributed by atoms with Crippen LogP contribution in [0.25, 0.3) is 0 Å². The van der Waals surface area contributed by atoms with Crippen LogP contribution in [0.1, 0.15) is 34.6 Å². The van der Waals surface area contributed by atoms with Gasteiger partial charge in [0, 0.05) is 39.3 Å². The van der Waals surface area contributed by atoms with Crippen molar-refractivity contribution in [1.29, 1.82) is 0 Å². The zero-order valence-corrected chi connectivity index (χ0v) is 22.1. The van der Waals surface area contributed by atoms with Gasteiger partial charge in [-0.2, -0.15) is 0 Å². The van der Waals surface area contributed by atoms with Crippen molar-refractivity contribution in [3.63, 3.8) is 0 Å². The van der Waals surface area contributed by atoms with Crippen LogP contribution in [0, 0.1) is 11.8 Å².